The predicted octanol–water partition coefficient (Wildman–Crippen LogP) is 1.06. The standard InChI is InChI=1S/C19H24N4O4/c24-16-9-12(18(25)21-13-2-3-13)1-5-15(16)22-19(26)17-6-4-14(27-17)10-23-8-7-20-11-23/h4,6-8,11-13,15-16,24H,1-3,5,9-10H2,(H,21,25)(H,22,26)/t12-,15-,16-/m0/s1. The molecule has 2 aromatic rings. The Hall–Kier alpha value is -2.61. The van der Waals surface area contributed by atoms with Crippen LogP contribution < -0.4 is 10.6 Å². The summed E-state index contributed by atoms with van der Waals surface area (Å²) in [6.45, 7) is 0.497. The van der Waals surface area contributed by atoms with Crippen LogP contribution in [0.5, 0.6) is 0 Å². The summed E-state index contributed by atoms with van der Waals surface area (Å²) in [6.07, 6.45) is 8.12. The van der Waals surface area contributed by atoms with Crippen LogP contribution >= 0.6 is 0 Å². The summed E-state index contributed by atoms with van der Waals surface area (Å²) in [4.78, 5) is 28.5. The van der Waals surface area contributed by atoms with Crippen molar-refractivity contribution in [2.75, 3.05) is 0 Å². The third-order valence-electron chi connectivity index (χ3n) is 5.21. The molecule has 4 rings (SSSR count). The number of rotatable bonds is 6. The molecule has 0 radical (unpaired) electrons. The van der Waals surface area contributed by atoms with Crippen LogP contribution in [0.4, 0.5) is 0 Å². The second-order valence-electron chi connectivity index (χ2n) is 7.44. The lowest BCUT2D eigenvalue weighted by molar-refractivity contribution is -0.127. The molecule has 2 aliphatic rings. The van der Waals surface area contributed by atoms with E-state index in [0.29, 0.717) is 37.6 Å². The average molecular weight is 372 g/mol. The first kappa shape index (κ1) is 17.8. The summed E-state index contributed by atoms with van der Waals surface area (Å²) >= 11 is 0. The van der Waals surface area contributed by atoms with E-state index in [2.05, 4.69) is 15.6 Å². The number of furan rings is 1. The first-order valence-electron chi connectivity index (χ1n) is 9.42. The van der Waals surface area contributed by atoms with Crippen molar-refractivity contribution in [3.05, 3.63) is 42.4 Å². The molecular weight excluding hydrogens is 348 g/mol. The number of imidazole rings is 1. The van der Waals surface area contributed by atoms with Gasteiger partial charge in [0.25, 0.3) is 5.91 Å². The van der Waals surface area contributed by atoms with E-state index in [0.717, 1.165) is 12.8 Å². The van der Waals surface area contributed by atoms with Gasteiger partial charge in [0.15, 0.2) is 5.76 Å². The van der Waals surface area contributed by atoms with Crippen LogP contribution in [-0.4, -0.2) is 44.7 Å². The van der Waals surface area contributed by atoms with Crippen LogP contribution in [-0.2, 0) is 11.3 Å². The van der Waals surface area contributed by atoms with E-state index < -0.39 is 6.10 Å². The number of amides is 2. The van der Waals surface area contributed by atoms with Gasteiger partial charge >= 0.3 is 0 Å². The molecule has 0 bridgehead atoms. The first-order chi connectivity index (χ1) is 13.1. The van der Waals surface area contributed by atoms with E-state index in [1.807, 2.05) is 10.8 Å². The number of hydrogen-bond acceptors (Lipinski definition) is 5. The molecule has 2 fully saturated rings. The van der Waals surface area contributed by atoms with Crippen molar-refractivity contribution in [2.24, 2.45) is 5.92 Å². The van der Waals surface area contributed by atoms with Crippen molar-refractivity contribution in [1.82, 2.24) is 20.2 Å². The number of aromatic nitrogens is 2. The van der Waals surface area contributed by atoms with E-state index in [1.54, 1.807) is 24.7 Å². The maximum atomic E-state index is 12.4. The van der Waals surface area contributed by atoms with Gasteiger partial charge < -0.3 is 24.7 Å². The molecule has 27 heavy (non-hydrogen) atoms. The van der Waals surface area contributed by atoms with Crippen LogP contribution in [0.15, 0.2) is 35.3 Å². The quantitative estimate of drug-likeness (QED) is 0.703. The van der Waals surface area contributed by atoms with Crippen LogP contribution in [0, 0.1) is 5.92 Å². The number of carbonyl (C=O) groups excluding carboxylic acids is 2. The highest BCUT2D eigenvalue weighted by Crippen LogP contribution is 2.27. The largest absolute Gasteiger partial charge is 0.454 e. The highest BCUT2D eigenvalue weighted by molar-refractivity contribution is 5.91. The normalized spacial score (nSPS) is 25.1. The molecule has 2 amide bonds. The molecule has 8 nitrogen and oxygen atoms in total. The maximum Gasteiger partial charge on any atom is 0.287 e. The van der Waals surface area contributed by atoms with E-state index in [1.165, 1.54) is 0 Å². The molecule has 8 heteroatoms. The minimum Gasteiger partial charge on any atom is -0.454 e. The third kappa shape index (κ3) is 4.39. The van der Waals surface area contributed by atoms with Crippen LogP contribution in [0.2, 0.25) is 0 Å². The van der Waals surface area contributed by atoms with Crippen LogP contribution in [0.3, 0.4) is 0 Å². The summed E-state index contributed by atoms with van der Waals surface area (Å²) in [7, 11) is 0. The Bertz CT molecular complexity index is 797. The number of carbonyl (C=O) groups is 2. The van der Waals surface area contributed by atoms with Crippen LogP contribution in [0.25, 0.3) is 0 Å². The van der Waals surface area contributed by atoms with Crippen molar-refractivity contribution in [1.29, 1.82) is 0 Å². The van der Waals surface area contributed by atoms with Gasteiger partial charge in [0.05, 0.1) is 25.0 Å². The van der Waals surface area contributed by atoms with Gasteiger partial charge in [-0.05, 0) is 44.2 Å². The molecule has 0 aliphatic heterocycles. The Labute approximate surface area is 157 Å². The zero-order chi connectivity index (χ0) is 18.8. The zero-order valence-electron chi connectivity index (χ0n) is 15.0. The first-order valence-corrected chi connectivity index (χ1v) is 9.42. The van der Waals surface area contributed by atoms with E-state index >= 15 is 0 Å². The van der Waals surface area contributed by atoms with Gasteiger partial charge in [0.1, 0.15) is 5.76 Å². The molecule has 2 aromatic heterocycles. The molecule has 0 saturated heterocycles. The number of hydrogen-bond donors (Lipinski definition) is 3. The van der Waals surface area contributed by atoms with Gasteiger partial charge in [-0.3, -0.25) is 9.59 Å². The van der Waals surface area contributed by atoms with E-state index in [4.69, 9.17) is 4.42 Å². The topological polar surface area (TPSA) is 109 Å². The molecule has 3 atom stereocenters. The Kier molecular flexibility index (Phi) is 4.98. The molecule has 2 heterocycles. The van der Waals surface area contributed by atoms with Crippen molar-refractivity contribution in [3.63, 3.8) is 0 Å². The highest BCUT2D eigenvalue weighted by Gasteiger charge is 2.35. The fourth-order valence-corrected chi connectivity index (χ4v) is 3.48. The molecule has 0 spiro atoms. The van der Waals surface area contributed by atoms with Crippen molar-refractivity contribution in [2.45, 2.75) is 56.8 Å². The van der Waals surface area contributed by atoms with Gasteiger partial charge in [-0.1, -0.05) is 0 Å². The number of nitrogens with one attached hydrogen (secondary N) is 2. The third-order valence-corrected chi connectivity index (χ3v) is 5.21. The second kappa shape index (κ2) is 7.56. The fraction of sp³-hybridized carbons (Fsp3) is 0.526. The van der Waals surface area contributed by atoms with Gasteiger partial charge in [-0.25, -0.2) is 4.98 Å². The monoisotopic (exact) mass is 372 g/mol. The lowest BCUT2D eigenvalue weighted by atomic mass is 9.83. The molecular formula is C19H24N4O4. The second-order valence-corrected chi connectivity index (χ2v) is 7.44. The highest BCUT2D eigenvalue weighted by atomic mass is 16.4. The number of nitrogens with zero attached hydrogens (tertiary/aromatic N) is 2. The Balaban J connectivity index is 1.29. The molecule has 3 N–H and O–H groups in total. The van der Waals surface area contributed by atoms with Gasteiger partial charge in [-0.15, -0.1) is 0 Å². The molecule has 2 aliphatic carbocycles. The van der Waals surface area contributed by atoms with Gasteiger partial charge in [0, 0.05) is 24.4 Å². The number of aliphatic hydroxyl groups excluding tert-OH is 1. The summed E-state index contributed by atoms with van der Waals surface area (Å²) < 4.78 is 7.44. The summed E-state index contributed by atoms with van der Waals surface area (Å²) in [5.74, 6) is 0.359. The lowest BCUT2D eigenvalue weighted by Gasteiger charge is -2.32. The average Bonchev–Trinajstić information content (AvgIpc) is 3.11. The van der Waals surface area contributed by atoms with Crippen LogP contribution in [0.1, 0.15) is 48.4 Å². The Morgan fingerprint density at radius 1 is 1.22 bits per heavy atom. The fourth-order valence-electron chi connectivity index (χ4n) is 3.48. The Morgan fingerprint density at radius 2 is 2.07 bits per heavy atom. The summed E-state index contributed by atoms with van der Waals surface area (Å²) in [6, 6.07) is 3.33. The van der Waals surface area contributed by atoms with Crippen molar-refractivity contribution < 1.29 is 19.1 Å². The van der Waals surface area contributed by atoms with E-state index in [-0.39, 0.29) is 29.5 Å². The lowest BCUT2D eigenvalue weighted by Crippen LogP contribution is -2.49. The Morgan fingerprint density at radius 3 is 2.78 bits per heavy atom. The number of aliphatic hydroxyl groups is 1. The van der Waals surface area contributed by atoms with Gasteiger partial charge in [0.2, 0.25) is 5.91 Å². The molecule has 2 saturated carbocycles. The SMILES string of the molecule is O=C(N[C@H]1CC[C@H](C(=O)NC2CC2)C[C@@H]1O)c1ccc(Cn2ccnc2)o1. The maximum absolute atomic E-state index is 12.4. The predicted molar refractivity (Wildman–Crippen MR) is 95.8 cm³/mol. The smallest absolute Gasteiger partial charge is 0.287 e. The van der Waals surface area contributed by atoms with Gasteiger partial charge in [-0.2, -0.15) is 0 Å². The van der Waals surface area contributed by atoms with Crippen molar-refractivity contribution >= 4 is 11.8 Å². The minimum absolute atomic E-state index is 0.0245. The summed E-state index contributed by atoms with van der Waals surface area (Å²) in [5.41, 5.74) is 0. The molecule has 0 unspecified atom stereocenters. The minimum atomic E-state index is -0.738. The zero-order valence-corrected chi connectivity index (χ0v) is 15.0. The molecule has 0 aromatic carbocycles. The van der Waals surface area contributed by atoms with E-state index in [9.17, 15) is 14.7 Å². The molecule has 144 valence electrons. The van der Waals surface area contributed by atoms with Crippen molar-refractivity contribution in [3.8, 4) is 0 Å². The summed E-state index contributed by atoms with van der Waals surface area (Å²) in [5, 5.41) is 16.2.